The van der Waals surface area contributed by atoms with Crippen molar-refractivity contribution in [1.82, 2.24) is 4.90 Å². The van der Waals surface area contributed by atoms with Gasteiger partial charge in [-0.15, -0.1) is 0 Å². The van der Waals surface area contributed by atoms with Gasteiger partial charge in [-0.25, -0.2) is 0 Å². The standard InChI is InChI=1S/C19H27NO/c1-4-18(3,16-8-6-5-7-9-16)17(21)20-12-10-19(11-13-20)14-15(19)2/h5-9,15H,4,10-14H2,1-3H3/t15-,18?/m1/s1. The summed E-state index contributed by atoms with van der Waals surface area (Å²) in [4.78, 5) is 15.2. The first-order chi connectivity index (χ1) is 10.0. The van der Waals surface area contributed by atoms with Gasteiger partial charge in [0.05, 0.1) is 5.41 Å². The summed E-state index contributed by atoms with van der Waals surface area (Å²) in [6.07, 6.45) is 4.63. The van der Waals surface area contributed by atoms with Gasteiger partial charge in [0.1, 0.15) is 0 Å². The SMILES string of the molecule is CCC(C)(C(=O)N1CCC2(CC1)C[C@H]2C)c1ccccc1. The van der Waals surface area contributed by atoms with Crippen molar-refractivity contribution in [3.8, 4) is 0 Å². The summed E-state index contributed by atoms with van der Waals surface area (Å²) in [5, 5.41) is 0. The molecule has 2 heteroatoms. The monoisotopic (exact) mass is 285 g/mol. The van der Waals surface area contributed by atoms with E-state index in [0.29, 0.717) is 11.3 Å². The van der Waals surface area contributed by atoms with Gasteiger partial charge in [0.15, 0.2) is 0 Å². The van der Waals surface area contributed by atoms with Crippen molar-refractivity contribution in [3.05, 3.63) is 35.9 Å². The lowest BCUT2D eigenvalue weighted by atomic mass is 9.78. The second kappa shape index (κ2) is 5.15. The van der Waals surface area contributed by atoms with E-state index in [0.717, 1.165) is 31.0 Å². The minimum absolute atomic E-state index is 0.319. The topological polar surface area (TPSA) is 20.3 Å². The first kappa shape index (κ1) is 14.6. The van der Waals surface area contributed by atoms with Crippen molar-refractivity contribution >= 4 is 5.91 Å². The lowest BCUT2D eigenvalue weighted by Crippen LogP contribution is -2.48. The molecule has 1 spiro atoms. The lowest BCUT2D eigenvalue weighted by Gasteiger charge is -2.39. The minimum atomic E-state index is -0.374. The van der Waals surface area contributed by atoms with Crippen LogP contribution in [0.1, 0.15) is 52.0 Å². The first-order valence-corrected chi connectivity index (χ1v) is 8.37. The highest BCUT2D eigenvalue weighted by Gasteiger charge is 2.53. The maximum atomic E-state index is 13.1. The van der Waals surface area contributed by atoms with Crippen LogP contribution in [0.4, 0.5) is 0 Å². The van der Waals surface area contributed by atoms with Gasteiger partial charge in [-0.05, 0) is 49.5 Å². The van der Waals surface area contributed by atoms with Crippen molar-refractivity contribution in [2.24, 2.45) is 11.3 Å². The molecule has 0 aromatic heterocycles. The second-order valence-electron chi connectivity index (χ2n) is 7.31. The lowest BCUT2D eigenvalue weighted by molar-refractivity contribution is -0.138. The number of hydrogen-bond donors (Lipinski definition) is 0. The van der Waals surface area contributed by atoms with E-state index < -0.39 is 0 Å². The van der Waals surface area contributed by atoms with E-state index in [1.807, 2.05) is 18.2 Å². The Morgan fingerprint density at radius 3 is 2.33 bits per heavy atom. The molecule has 0 N–H and O–H groups in total. The number of carbonyl (C=O) groups is 1. The van der Waals surface area contributed by atoms with Crippen LogP contribution >= 0.6 is 0 Å². The Morgan fingerprint density at radius 1 is 1.29 bits per heavy atom. The number of carbonyl (C=O) groups excluding carboxylic acids is 1. The van der Waals surface area contributed by atoms with Crippen molar-refractivity contribution < 1.29 is 4.79 Å². The van der Waals surface area contributed by atoms with Gasteiger partial charge in [-0.1, -0.05) is 44.2 Å². The van der Waals surface area contributed by atoms with Crippen LogP contribution in [0, 0.1) is 11.3 Å². The highest BCUT2D eigenvalue weighted by molar-refractivity contribution is 5.88. The number of piperidine rings is 1. The molecule has 1 heterocycles. The number of benzene rings is 1. The molecule has 0 radical (unpaired) electrons. The van der Waals surface area contributed by atoms with Gasteiger partial charge >= 0.3 is 0 Å². The maximum absolute atomic E-state index is 13.1. The smallest absolute Gasteiger partial charge is 0.232 e. The van der Waals surface area contributed by atoms with Crippen LogP contribution in [0.5, 0.6) is 0 Å². The number of hydrogen-bond acceptors (Lipinski definition) is 1. The molecule has 21 heavy (non-hydrogen) atoms. The molecule has 2 fully saturated rings. The van der Waals surface area contributed by atoms with Gasteiger partial charge < -0.3 is 4.90 Å². The average molecular weight is 285 g/mol. The van der Waals surface area contributed by atoms with E-state index in [-0.39, 0.29) is 5.41 Å². The molecular formula is C19H27NO. The third-order valence-corrected chi connectivity index (χ3v) is 6.23. The quantitative estimate of drug-likeness (QED) is 0.822. The highest BCUT2D eigenvalue weighted by Crippen LogP contribution is 2.59. The fourth-order valence-corrected chi connectivity index (χ4v) is 4.04. The van der Waals surface area contributed by atoms with E-state index in [1.54, 1.807) is 0 Å². The Morgan fingerprint density at radius 2 is 1.86 bits per heavy atom. The van der Waals surface area contributed by atoms with Crippen LogP contribution in [-0.4, -0.2) is 23.9 Å². The molecule has 114 valence electrons. The van der Waals surface area contributed by atoms with Gasteiger partial charge in [0.2, 0.25) is 5.91 Å². The molecule has 1 amide bonds. The number of rotatable bonds is 3. The molecule has 1 aliphatic heterocycles. The summed E-state index contributed by atoms with van der Waals surface area (Å²) in [7, 11) is 0. The van der Waals surface area contributed by atoms with Crippen LogP contribution in [0.25, 0.3) is 0 Å². The Bertz CT molecular complexity index is 516. The van der Waals surface area contributed by atoms with E-state index in [2.05, 4.69) is 37.8 Å². The van der Waals surface area contributed by atoms with Crippen LogP contribution in [0.2, 0.25) is 0 Å². The minimum Gasteiger partial charge on any atom is -0.342 e. The third kappa shape index (κ3) is 2.39. The van der Waals surface area contributed by atoms with Crippen molar-refractivity contribution in [3.63, 3.8) is 0 Å². The zero-order valence-electron chi connectivity index (χ0n) is 13.6. The van der Waals surface area contributed by atoms with E-state index in [1.165, 1.54) is 19.3 Å². The molecule has 2 atom stereocenters. The van der Waals surface area contributed by atoms with E-state index >= 15 is 0 Å². The van der Waals surface area contributed by atoms with E-state index in [4.69, 9.17) is 0 Å². The molecule has 1 aromatic rings. The normalized spacial score (nSPS) is 26.4. The molecule has 1 aromatic carbocycles. The molecular weight excluding hydrogens is 258 g/mol. The maximum Gasteiger partial charge on any atom is 0.232 e. The Kier molecular flexibility index (Phi) is 3.59. The summed E-state index contributed by atoms with van der Waals surface area (Å²) in [6, 6.07) is 10.3. The van der Waals surface area contributed by atoms with E-state index in [9.17, 15) is 4.79 Å². The van der Waals surface area contributed by atoms with Gasteiger partial charge in [0, 0.05) is 13.1 Å². The summed E-state index contributed by atoms with van der Waals surface area (Å²) in [5.74, 6) is 1.20. The third-order valence-electron chi connectivity index (χ3n) is 6.23. The molecule has 2 nitrogen and oxygen atoms in total. The molecule has 0 bridgehead atoms. The van der Waals surface area contributed by atoms with Crippen molar-refractivity contribution in [2.45, 2.75) is 51.9 Å². The Hall–Kier alpha value is -1.31. The summed E-state index contributed by atoms with van der Waals surface area (Å²) >= 11 is 0. The van der Waals surface area contributed by atoms with Crippen LogP contribution in [0.3, 0.4) is 0 Å². The summed E-state index contributed by atoms with van der Waals surface area (Å²) in [6.45, 7) is 8.49. The number of amides is 1. The zero-order chi connectivity index (χ0) is 15.1. The van der Waals surface area contributed by atoms with Gasteiger partial charge in [0.25, 0.3) is 0 Å². The molecule has 1 saturated carbocycles. The van der Waals surface area contributed by atoms with Crippen LogP contribution in [0.15, 0.2) is 30.3 Å². The van der Waals surface area contributed by atoms with Crippen molar-refractivity contribution in [2.75, 3.05) is 13.1 Å². The van der Waals surface area contributed by atoms with Gasteiger partial charge in [-0.3, -0.25) is 4.79 Å². The fourth-order valence-electron chi connectivity index (χ4n) is 4.04. The molecule has 1 aliphatic carbocycles. The Labute approximate surface area is 128 Å². The number of nitrogens with zero attached hydrogens (tertiary/aromatic N) is 1. The first-order valence-electron chi connectivity index (χ1n) is 8.37. The predicted molar refractivity (Wildman–Crippen MR) is 86.1 cm³/mol. The predicted octanol–water partition coefficient (Wildman–Crippen LogP) is 4.00. The summed E-state index contributed by atoms with van der Waals surface area (Å²) < 4.78 is 0. The van der Waals surface area contributed by atoms with Crippen LogP contribution in [-0.2, 0) is 10.2 Å². The fraction of sp³-hybridized carbons (Fsp3) is 0.632. The van der Waals surface area contributed by atoms with Crippen LogP contribution < -0.4 is 0 Å². The number of likely N-dealkylation sites (tertiary alicyclic amines) is 1. The summed E-state index contributed by atoms with van der Waals surface area (Å²) in [5.41, 5.74) is 1.37. The molecule has 2 aliphatic rings. The molecule has 1 saturated heterocycles. The largest absolute Gasteiger partial charge is 0.342 e. The van der Waals surface area contributed by atoms with Crippen molar-refractivity contribution in [1.29, 1.82) is 0 Å². The molecule has 1 unspecified atom stereocenters. The second-order valence-corrected chi connectivity index (χ2v) is 7.31. The average Bonchev–Trinajstić information content (AvgIpc) is 3.16. The highest BCUT2D eigenvalue weighted by atomic mass is 16.2. The zero-order valence-corrected chi connectivity index (χ0v) is 13.6. The van der Waals surface area contributed by atoms with Gasteiger partial charge in [-0.2, -0.15) is 0 Å². The Balaban J connectivity index is 1.74. The molecule has 3 rings (SSSR count).